The van der Waals surface area contributed by atoms with Gasteiger partial charge < -0.3 is 9.26 Å². The molecule has 0 bridgehead atoms. The molecule has 88 valence electrons. The topological polar surface area (TPSA) is 65.2 Å². The predicted molar refractivity (Wildman–Crippen MR) is 60.4 cm³/mol. The van der Waals surface area contributed by atoms with Gasteiger partial charge in [-0.25, -0.2) is 4.79 Å². The molecule has 0 N–H and O–H groups in total. The average Bonchev–Trinajstić information content (AvgIpc) is 2.78. The van der Waals surface area contributed by atoms with Gasteiger partial charge in [-0.3, -0.25) is 4.98 Å². The number of aryl methyl sites for hydroxylation is 1. The van der Waals surface area contributed by atoms with Crippen molar-refractivity contribution >= 4 is 5.97 Å². The van der Waals surface area contributed by atoms with Gasteiger partial charge in [0.2, 0.25) is 5.76 Å². The quantitative estimate of drug-likeness (QED) is 0.759. The molecule has 2 aromatic heterocycles. The van der Waals surface area contributed by atoms with Crippen molar-refractivity contribution < 1.29 is 14.1 Å². The zero-order chi connectivity index (χ0) is 12.3. The molecule has 2 heterocycles. The van der Waals surface area contributed by atoms with E-state index in [4.69, 9.17) is 9.26 Å². The third-order valence-electron chi connectivity index (χ3n) is 2.16. The van der Waals surface area contributed by atoms with Crippen molar-refractivity contribution in [3.05, 3.63) is 35.9 Å². The SMILES string of the molecule is CCOC(=O)c1cc(-c2cncc(C)c2)no1. The molecule has 0 atom stereocenters. The molecule has 5 nitrogen and oxygen atoms in total. The molecule has 0 aromatic carbocycles. The predicted octanol–water partition coefficient (Wildman–Crippen LogP) is 2.22. The molecule has 0 radical (unpaired) electrons. The normalized spacial score (nSPS) is 10.2. The van der Waals surface area contributed by atoms with Crippen molar-refractivity contribution in [1.29, 1.82) is 0 Å². The maximum absolute atomic E-state index is 11.4. The summed E-state index contributed by atoms with van der Waals surface area (Å²) >= 11 is 0. The van der Waals surface area contributed by atoms with Crippen LogP contribution in [-0.4, -0.2) is 22.7 Å². The zero-order valence-corrected chi connectivity index (χ0v) is 9.64. The van der Waals surface area contributed by atoms with Gasteiger partial charge in [0.05, 0.1) is 6.61 Å². The van der Waals surface area contributed by atoms with E-state index in [1.807, 2.05) is 13.0 Å². The second kappa shape index (κ2) is 4.78. The number of hydrogen-bond acceptors (Lipinski definition) is 5. The summed E-state index contributed by atoms with van der Waals surface area (Å²) in [7, 11) is 0. The summed E-state index contributed by atoms with van der Waals surface area (Å²) < 4.78 is 9.73. The fraction of sp³-hybridized carbons (Fsp3) is 0.250. The maximum Gasteiger partial charge on any atom is 0.377 e. The average molecular weight is 232 g/mol. The van der Waals surface area contributed by atoms with Crippen LogP contribution in [0.2, 0.25) is 0 Å². The standard InChI is InChI=1S/C12H12N2O3/c1-3-16-12(15)11-5-10(14-17-11)9-4-8(2)6-13-7-9/h4-7H,3H2,1-2H3. The Bertz CT molecular complexity index is 534. The Labute approximate surface area is 98.4 Å². The van der Waals surface area contributed by atoms with Crippen LogP contribution in [0.15, 0.2) is 29.0 Å². The minimum Gasteiger partial charge on any atom is -0.460 e. The number of aromatic nitrogens is 2. The summed E-state index contributed by atoms with van der Waals surface area (Å²) in [5.74, 6) is -0.407. The third kappa shape index (κ3) is 2.50. The Hall–Kier alpha value is -2.17. The van der Waals surface area contributed by atoms with Crippen LogP contribution in [0.4, 0.5) is 0 Å². The second-order valence-corrected chi connectivity index (χ2v) is 3.55. The molecule has 0 aliphatic heterocycles. The summed E-state index contributed by atoms with van der Waals surface area (Å²) in [5, 5.41) is 3.82. The Morgan fingerprint density at radius 2 is 2.24 bits per heavy atom. The van der Waals surface area contributed by atoms with Gasteiger partial charge in [0.25, 0.3) is 0 Å². The van der Waals surface area contributed by atoms with Crippen molar-refractivity contribution in [1.82, 2.24) is 10.1 Å². The lowest BCUT2D eigenvalue weighted by atomic mass is 10.1. The highest BCUT2D eigenvalue weighted by Gasteiger charge is 2.14. The zero-order valence-electron chi connectivity index (χ0n) is 9.64. The van der Waals surface area contributed by atoms with Gasteiger partial charge in [0, 0.05) is 24.0 Å². The Morgan fingerprint density at radius 1 is 1.41 bits per heavy atom. The van der Waals surface area contributed by atoms with Gasteiger partial charge in [0.15, 0.2) is 0 Å². The lowest BCUT2D eigenvalue weighted by Gasteiger charge is -1.95. The number of pyridine rings is 1. The van der Waals surface area contributed by atoms with Gasteiger partial charge in [0.1, 0.15) is 5.69 Å². The lowest BCUT2D eigenvalue weighted by Crippen LogP contribution is -2.02. The van der Waals surface area contributed by atoms with E-state index in [0.29, 0.717) is 12.3 Å². The van der Waals surface area contributed by atoms with Crippen LogP contribution >= 0.6 is 0 Å². The van der Waals surface area contributed by atoms with Crippen molar-refractivity contribution in [2.24, 2.45) is 0 Å². The van der Waals surface area contributed by atoms with E-state index in [-0.39, 0.29) is 5.76 Å². The van der Waals surface area contributed by atoms with Crippen LogP contribution in [0.25, 0.3) is 11.3 Å². The van der Waals surface area contributed by atoms with Crippen LogP contribution in [0.1, 0.15) is 23.0 Å². The highest BCUT2D eigenvalue weighted by Crippen LogP contribution is 2.19. The first-order chi connectivity index (χ1) is 8.20. The Balaban J connectivity index is 2.27. The molecule has 0 unspecified atom stereocenters. The lowest BCUT2D eigenvalue weighted by molar-refractivity contribution is 0.0480. The van der Waals surface area contributed by atoms with E-state index in [1.54, 1.807) is 25.4 Å². The molecule has 17 heavy (non-hydrogen) atoms. The van der Waals surface area contributed by atoms with E-state index in [9.17, 15) is 4.79 Å². The van der Waals surface area contributed by atoms with E-state index < -0.39 is 5.97 Å². The fourth-order valence-corrected chi connectivity index (χ4v) is 1.40. The Morgan fingerprint density at radius 3 is 2.94 bits per heavy atom. The van der Waals surface area contributed by atoms with Crippen molar-refractivity contribution in [2.45, 2.75) is 13.8 Å². The molecular formula is C12H12N2O3. The summed E-state index contributed by atoms with van der Waals surface area (Å²) in [6.45, 7) is 3.98. The first-order valence-corrected chi connectivity index (χ1v) is 5.26. The summed E-state index contributed by atoms with van der Waals surface area (Å²) in [5.41, 5.74) is 2.40. The van der Waals surface area contributed by atoms with Crippen molar-refractivity contribution in [3.8, 4) is 11.3 Å². The molecule has 0 spiro atoms. The van der Waals surface area contributed by atoms with Gasteiger partial charge in [-0.05, 0) is 25.5 Å². The smallest absolute Gasteiger partial charge is 0.377 e. The van der Waals surface area contributed by atoms with Crippen LogP contribution in [-0.2, 0) is 4.74 Å². The largest absolute Gasteiger partial charge is 0.460 e. The first kappa shape index (κ1) is 11.3. The monoisotopic (exact) mass is 232 g/mol. The van der Waals surface area contributed by atoms with Crippen LogP contribution in [0.5, 0.6) is 0 Å². The van der Waals surface area contributed by atoms with E-state index in [0.717, 1.165) is 11.1 Å². The van der Waals surface area contributed by atoms with E-state index in [1.165, 1.54) is 0 Å². The number of nitrogens with zero attached hydrogens (tertiary/aromatic N) is 2. The number of rotatable bonds is 3. The number of esters is 1. The molecule has 2 rings (SSSR count). The number of carbonyl (C=O) groups is 1. The molecule has 0 saturated heterocycles. The molecule has 0 fully saturated rings. The molecule has 0 amide bonds. The summed E-state index contributed by atoms with van der Waals surface area (Å²) in [6.07, 6.45) is 3.41. The van der Waals surface area contributed by atoms with E-state index in [2.05, 4.69) is 10.1 Å². The van der Waals surface area contributed by atoms with Crippen LogP contribution in [0.3, 0.4) is 0 Å². The second-order valence-electron chi connectivity index (χ2n) is 3.55. The highest BCUT2D eigenvalue weighted by atomic mass is 16.6. The first-order valence-electron chi connectivity index (χ1n) is 5.26. The van der Waals surface area contributed by atoms with Crippen molar-refractivity contribution in [2.75, 3.05) is 6.61 Å². The summed E-state index contributed by atoms with van der Waals surface area (Å²) in [4.78, 5) is 15.4. The fourth-order valence-electron chi connectivity index (χ4n) is 1.40. The minimum absolute atomic E-state index is 0.100. The van der Waals surface area contributed by atoms with Crippen molar-refractivity contribution in [3.63, 3.8) is 0 Å². The minimum atomic E-state index is -0.508. The van der Waals surface area contributed by atoms with Crippen LogP contribution < -0.4 is 0 Å². The van der Waals surface area contributed by atoms with E-state index >= 15 is 0 Å². The molecule has 5 heteroatoms. The highest BCUT2D eigenvalue weighted by molar-refractivity contribution is 5.87. The van der Waals surface area contributed by atoms with Gasteiger partial charge in [-0.15, -0.1) is 0 Å². The molecule has 0 aliphatic carbocycles. The third-order valence-corrected chi connectivity index (χ3v) is 2.16. The summed E-state index contributed by atoms with van der Waals surface area (Å²) in [6, 6.07) is 3.47. The maximum atomic E-state index is 11.4. The molecule has 0 aliphatic rings. The van der Waals surface area contributed by atoms with Gasteiger partial charge in [-0.2, -0.15) is 0 Å². The Kier molecular flexibility index (Phi) is 3.18. The van der Waals surface area contributed by atoms with Gasteiger partial charge >= 0.3 is 5.97 Å². The van der Waals surface area contributed by atoms with Gasteiger partial charge in [-0.1, -0.05) is 5.16 Å². The van der Waals surface area contributed by atoms with Crippen LogP contribution in [0, 0.1) is 6.92 Å². The number of ether oxygens (including phenoxy) is 1. The molecule has 2 aromatic rings. The molecular weight excluding hydrogens is 220 g/mol. The number of carbonyl (C=O) groups excluding carboxylic acids is 1. The molecule has 0 saturated carbocycles. The number of hydrogen-bond donors (Lipinski definition) is 0.